The molecule has 0 aliphatic carbocycles. The minimum absolute atomic E-state index is 0.0569. The molecule has 0 fully saturated rings. The molecule has 0 saturated carbocycles. The van der Waals surface area contributed by atoms with Crippen LogP contribution in [0.2, 0.25) is 5.02 Å². The maximum Gasteiger partial charge on any atom is 0.307 e. The van der Waals surface area contributed by atoms with E-state index in [0.717, 1.165) is 5.56 Å². The quantitative estimate of drug-likeness (QED) is 0.499. The highest BCUT2D eigenvalue weighted by Gasteiger charge is 2.17. The Hall–Kier alpha value is -2.07. The van der Waals surface area contributed by atoms with Gasteiger partial charge in [0.2, 0.25) is 5.91 Å². The molecule has 1 amide bonds. The number of ether oxygens (including phenoxy) is 1. The van der Waals surface area contributed by atoms with Crippen LogP contribution in [0.3, 0.4) is 0 Å². The van der Waals surface area contributed by atoms with Crippen LogP contribution in [0.25, 0.3) is 0 Å². The maximum atomic E-state index is 11.8. The number of allylic oxidation sites excluding steroid dienone is 3. The van der Waals surface area contributed by atoms with E-state index in [2.05, 4.69) is 10.1 Å². The van der Waals surface area contributed by atoms with Gasteiger partial charge in [-0.05, 0) is 24.6 Å². The minimum Gasteiger partial charge on any atom is -0.469 e. The summed E-state index contributed by atoms with van der Waals surface area (Å²) in [5, 5.41) is 3.37. The Labute approximate surface area is 129 Å². The van der Waals surface area contributed by atoms with Crippen LogP contribution in [0, 0.1) is 0 Å². The summed E-state index contributed by atoms with van der Waals surface area (Å²) in [6, 6.07) is 6.50. The van der Waals surface area contributed by atoms with Crippen LogP contribution in [0.4, 0.5) is 0 Å². The van der Waals surface area contributed by atoms with Crippen molar-refractivity contribution in [3.05, 3.63) is 59.2 Å². The Kier molecular flexibility index (Phi) is 7.26. The zero-order chi connectivity index (χ0) is 15.7. The molecule has 1 N–H and O–H groups in total. The first kappa shape index (κ1) is 17.0. The highest BCUT2D eigenvalue weighted by Crippen LogP contribution is 2.20. The lowest BCUT2D eigenvalue weighted by atomic mass is 10.0. The van der Waals surface area contributed by atoms with Crippen molar-refractivity contribution >= 4 is 23.5 Å². The molecule has 1 atom stereocenters. The van der Waals surface area contributed by atoms with Gasteiger partial charge in [-0.2, -0.15) is 0 Å². The van der Waals surface area contributed by atoms with Crippen LogP contribution < -0.4 is 5.32 Å². The average Bonchev–Trinajstić information content (AvgIpc) is 2.47. The van der Waals surface area contributed by atoms with Crippen LogP contribution in [-0.2, 0) is 14.3 Å². The van der Waals surface area contributed by atoms with E-state index >= 15 is 0 Å². The van der Waals surface area contributed by atoms with Crippen LogP contribution in [-0.4, -0.2) is 19.0 Å². The first-order chi connectivity index (χ1) is 10.1. The van der Waals surface area contributed by atoms with Crippen LogP contribution in [0.1, 0.15) is 24.9 Å². The van der Waals surface area contributed by atoms with Crippen LogP contribution >= 0.6 is 11.6 Å². The predicted molar refractivity (Wildman–Crippen MR) is 82.9 cm³/mol. The molecule has 0 saturated heterocycles. The summed E-state index contributed by atoms with van der Waals surface area (Å²) in [5.74, 6) is -0.676. The van der Waals surface area contributed by atoms with Gasteiger partial charge in [-0.15, -0.1) is 0 Å². The number of carbonyl (C=O) groups is 2. The number of esters is 1. The fraction of sp³-hybridized carbons (Fsp3) is 0.250. The van der Waals surface area contributed by atoms with E-state index in [9.17, 15) is 9.59 Å². The first-order valence-electron chi connectivity index (χ1n) is 6.49. The van der Waals surface area contributed by atoms with Crippen molar-refractivity contribution in [1.82, 2.24) is 5.32 Å². The molecule has 0 aromatic heterocycles. The van der Waals surface area contributed by atoms with Crippen molar-refractivity contribution in [3.63, 3.8) is 0 Å². The van der Waals surface area contributed by atoms with Gasteiger partial charge in [0.15, 0.2) is 0 Å². The van der Waals surface area contributed by atoms with Gasteiger partial charge < -0.3 is 10.1 Å². The summed E-state index contributed by atoms with van der Waals surface area (Å²) in [6.07, 6.45) is 6.65. The zero-order valence-electron chi connectivity index (χ0n) is 12.0. The largest absolute Gasteiger partial charge is 0.469 e. The second kappa shape index (κ2) is 8.97. The molecule has 1 rings (SSSR count). The number of carbonyl (C=O) groups excluding carboxylic acids is 2. The third-order valence-electron chi connectivity index (χ3n) is 2.74. The SMILES string of the molecule is C/C=C/C=C/C(=O)NC(CC(=O)OC)c1ccc(Cl)cc1. The predicted octanol–water partition coefficient (Wildman–Crippen LogP) is 3.19. The molecule has 21 heavy (non-hydrogen) atoms. The zero-order valence-corrected chi connectivity index (χ0v) is 12.8. The Morgan fingerprint density at radius 3 is 2.52 bits per heavy atom. The minimum atomic E-state index is -0.461. The molecule has 1 aromatic rings. The summed E-state index contributed by atoms with van der Waals surface area (Å²) in [5.41, 5.74) is 0.789. The van der Waals surface area contributed by atoms with Gasteiger partial charge in [0.05, 0.1) is 19.6 Å². The Bertz CT molecular complexity index is 535. The Balaban J connectivity index is 2.84. The van der Waals surface area contributed by atoms with E-state index in [1.54, 1.807) is 36.4 Å². The summed E-state index contributed by atoms with van der Waals surface area (Å²) >= 11 is 5.84. The smallest absolute Gasteiger partial charge is 0.307 e. The van der Waals surface area contributed by atoms with E-state index in [1.807, 2.05) is 13.0 Å². The normalized spacial score (nSPS) is 12.5. The Morgan fingerprint density at radius 1 is 1.29 bits per heavy atom. The van der Waals surface area contributed by atoms with Gasteiger partial charge in [0, 0.05) is 11.1 Å². The fourth-order valence-electron chi connectivity index (χ4n) is 1.67. The van der Waals surface area contributed by atoms with Crippen molar-refractivity contribution in [2.24, 2.45) is 0 Å². The third kappa shape index (κ3) is 6.27. The molecule has 0 heterocycles. The molecular formula is C16H18ClNO3. The highest BCUT2D eigenvalue weighted by molar-refractivity contribution is 6.30. The fourth-order valence-corrected chi connectivity index (χ4v) is 1.80. The van der Waals surface area contributed by atoms with E-state index in [4.69, 9.17) is 11.6 Å². The van der Waals surface area contributed by atoms with Crippen molar-refractivity contribution in [2.75, 3.05) is 7.11 Å². The first-order valence-corrected chi connectivity index (χ1v) is 6.86. The summed E-state index contributed by atoms with van der Waals surface area (Å²) in [6.45, 7) is 1.86. The van der Waals surface area contributed by atoms with E-state index in [0.29, 0.717) is 5.02 Å². The van der Waals surface area contributed by atoms with Crippen LogP contribution in [0.15, 0.2) is 48.6 Å². The van der Waals surface area contributed by atoms with Gasteiger partial charge in [-0.1, -0.05) is 42.0 Å². The van der Waals surface area contributed by atoms with E-state index in [-0.39, 0.29) is 12.3 Å². The molecule has 0 aliphatic rings. The maximum absolute atomic E-state index is 11.8. The number of hydrogen-bond donors (Lipinski definition) is 1. The molecule has 112 valence electrons. The van der Waals surface area contributed by atoms with Crippen molar-refractivity contribution in [1.29, 1.82) is 0 Å². The number of rotatable bonds is 6. The molecule has 0 spiro atoms. The second-order valence-electron chi connectivity index (χ2n) is 4.28. The lowest BCUT2D eigenvalue weighted by Gasteiger charge is -2.17. The molecule has 0 bridgehead atoms. The molecular weight excluding hydrogens is 290 g/mol. The number of halogens is 1. The van der Waals surface area contributed by atoms with E-state index < -0.39 is 12.0 Å². The molecule has 0 radical (unpaired) electrons. The molecule has 0 aliphatic heterocycles. The van der Waals surface area contributed by atoms with Gasteiger partial charge in [0.1, 0.15) is 0 Å². The second-order valence-corrected chi connectivity index (χ2v) is 4.71. The molecule has 5 heteroatoms. The molecule has 1 unspecified atom stereocenters. The lowest BCUT2D eigenvalue weighted by molar-refractivity contribution is -0.141. The lowest BCUT2D eigenvalue weighted by Crippen LogP contribution is -2.29. The van der Waals surface area contributed by atoms with Crippen LogP contribution in [0.5, 0.6) is 0 Å². The number of benzene rings is 1. The number of hydrogen-bond acceptors (Lipinski definition) is 3. The average molecular weight is 308 g/mol. The Morgan fingerprint density at radius 2 is 1.95 bits per heavy atom. The topological polar surface area (TPSA) is 55.4 Å². The highest BCUT2D eigenvalue weighted by atomic mass is 35.5. The number of amides is 1. The van der Waals surface area contributed by atoms with Crippen molar-refractivity contribution in [3.8, 4) is 0 Å². The summed E-state index contributed by atoms with van der Waals surface area (Å²) < 4.78 is 4.66. The summed E-state index contributed by atoms with van der Waals surface area (Å²) in [7, 11) is 1.31. The molecule has 4 nitrogen and oxygen atoms in total. The van der Waals surface area contributed by atoms with Gasteiger partial charge in [-0.25, -0.2) is 0 Å². The monoisotopic (exact) mass is 307 g/mol. The number of nitrogens with one attached hydrogen (secondary N) is 1. The van der Waals surface area contributed by atoms with Gasteiger partial charge in [-0.3, -0.25) is 9.59 Å². The summed E-state index contributed by atoms with van der Waals surface area (Å²) in [4.78, 5) is 23.3. The third-order valence-corrected chi connectivity index (χ3v) is 2.99. The van der Waals surface area contributed by atoms with E-state index in [1.165, 1.54) is 13.2 Å². The van der Waals surface area contributed by atoms with Crippen molar-refractivity contribution in [2.45, 2.75) is 19.4 Å². The van der Waals surface area contributed by atoms with Gasteiger partial charge >= 0.3 is 5.97 Å². The van der Waals surface area contributed by atoms with Crippen molar-refractivity contribution < 1.29 is 14.3 Å². The standard InChI is InChI=1S/C16H18ClNO3/c1-3-4-5-6-15(19)18-14(11-16(20)21-2)12-7-9-13(17)10-8-12/h3-10,14H,11H2,1-2H3,(H,18,19)/b4-3+,6-5+. The number of methoxy groups -OCH3 is 1. The van der Waals surface area contributed by atoms with Gasteiger partial charge in [0.25, 0.3) is 0 Å². The molecule has 1 aromatic carbocycles.